The molecule has 0 saturated heterocycles. The van der Waals surface area contributed by atoms with Gasteiger partial charge in [-0.25, -0.2) is 4.98 Å². The first-order valence-electron chi connectivity index (χ1n) is 8.01. The van der Waals surface area contributed by atoms with Crippen LogP contribution in [0.15, 0.2) is 16.7 Å². The van der Waals surface area contributed by atoms with Crippen molar-refractivity contribution in [3.8, 4) is 11.7 Å². The van der Waals surface area contributed by atoms with Crippen molar-refractivity contribution in [3.05, 3.63) is 40.4 Å². The van der Waals surface area contributed by atoms with Crippen LogP contribution in [0.3, 0.4) is 0 Å². The molecule has 0 aliphatic heterocycles. The molecule has 2 rings (SSSR count). The van der Waals surface area contributed by atoms with Crippen LogP contribution in [0.4, 0.5) is 0 Å². The summed E-state index contributed by atoms with van der Waals surface area (Å²) in [5.74, 6) is -0.199. The van der Waals surface area contributed by atoms with Crippen LogP contribution in [-0.4, -0.2) is 30.9 Å². The summed E-state index contributed by atoms with van der Waals surface area (Å²) in [6.07, 6.45) is 2.53. The van der Waals surface area contributed by atoms with Gasteiger partial charge in [-0.05, 0) is 35.6 Å². The third kappa shape index (κ3) is 3.65. The summed E-state index contributed by atoms with van der Waals surface area (Å²) >= 11 is 0. The van der Waals surface area contributed by atoms with Gasteiger partial charge < -0.3 is 19.6 Å². The summed E-state index contributed by atoms with van der Waals surface area (Å²) < 4.78 is 15.6. The second kappa shape index (κ2) is 7.83. The number of nitrogens with zero attached hydrogens (tertiary/aromatic N) is 1. The van der Waals surface area contributed by atoms with Gasteiger partial charge in [0.1, 0.15) is 11.9 Å². The molecule has 2 aromatic rings. The Morgan fingerprint density at radius 3 is 2.36 bits per heavy atom. The van der Waals surface area contributed by atoms with Crippen molar-refractivity contribution in [2.75, 3.05) is 14.2 Å². The first-order chi connectivity index (χ1) is 12.0. The molecule has 0 bridgehead atoms. The Bertz CT molecular complexity index is 795. The normalized spacial score (nSPS) is 10.6. The van der Waals surface area contributed by atoms with E-state index in [9.17, 15) is 9.59 Å². The molecule has 0 spiro atoms. The van der Waals surface area contributed by atoms with Crippen LogP contribution in [0, 0.1) is 0 Å². The maximum absolute atomic E-state index is 12.5. The average Bonchev–Trinajstić information content (AvgIpc) is 3.09. The first-order valence-corrected chi connectivity index (χ1v) is 8.01. The van der Waals surface area contributed by atoms with E-state index < -0.39 is 5.91 Å². The molecule has 134 valence electrons. The lowest BCUT2D eigenvalue weighted by Gasteiger charge is -2.18. The molecule has 1 amide bonds. The minimum atomic E-state index is -0.583. The number of ketones is 1. The highest BCUT2D eigenvalue weighted by molar-refractivity contribution is 5.99. The number of carbonyl (C=O) groups excluding carboxylic acids is 2. The number of nitrogens with two attached hydrogens (primary N) is 1. The Kier molecular flexibility index (Phi) is 5.80. The molecule has 25 heavy (non-hydrogen) atoms. The smallest absolute Gasteiger partial charge is 0.305 e. The van der Waals surface area contributed by atoms with Crippen molar-refractivity contribution < 1.29 is 23.5 Å². The van der Waals surface area contributed by atoms with Crippen molar-refractivity contribution in [1.82, 2.24) is 4.98 Å². The lowest BCUT2D eigenvalue weighted by molar-refractivity contribution is 0.0952. The molecular formula is C18H22N2O5. The molecule has 0 atom stereocenters. The summed E-state index contributed by atoms with van der Waals surface area (Å²) in [4.78, 5) is 28.4. The van der Waals surface area contributed by atoms with Gasteiger partial charge in [-0.2, -0.15) is 0 Å². The molecule has 7 heteroatoms. The van der Waals surface area contributed by atoms with Gasteiger partial charge in [-0.1, -0.05) is 13.8 Å². The number of hydrogen-bond donors (Lipinski definition) is 1. The van der Waals surface area contributed by atoms with E-state index in [1.807, 2.05) is 13.8 Å². The largest absolute Gasteiger partial charge is 0.496 e. The molecule has 1 aromatic heterocycles. The number of carbonyl (C=O) groups is 2. The van der Waals surface area contributed by atoms with Gasteiger partial charge in [-0.3, -0.25) is 9.59 Å². The van der Waals surface area contributed by atoms with Crippen molar-refractivity contribution in [3.63, 3.8) is 0 Å². The minimum absolute atomic E-state index is 0.0640. The molecule has 0 fully saturated rings. The third-order valence-corrected chi connectivity index (χ3v) is 4.04. The summed E-state index contributed by atoms with van der Waals surface area (Å²) in [6, 6.07) is 1.69. The molecule has 0 unspecified atom stereocenters. The van der Waals surface area contributed by atoms with Gasteiger partial charge in [0.05, 0.1) is 14.2 Å². The van der Waals surface area contributed by atoms with Gasteiger partial charge in [0, 0.05) is 12.0 Å². The number of aromatic nitrogens is 1. The predicted octanol–water partition coefficient (Wildman–Crippen LogP) is 2.34. The molecule has 7 nitrogen and oxygen atoms in total. The predicted molar refractivity (Wildman–Crippen MR) is 91.4 cm³/mol. The van der Waals surface area contributed by atoms with E-state index in [0.717, 1.165) is 11.1 Å². The lowest BCUT2D eigenvalue weighted by Crippen LogP contribution is -2.19. The third-order valence-electron chi connectivity index (χ3n) is 4.04. The number of primary amides is 1. The van der Waals surface area contributed by atoms with E-state index in [1.54, 1.807) is 13.2 Å². The topological polar surface area (TPSA) is 105 Å². The first kappa shape index (κ1) is 18.5. The summed E-state index contributed by atoms with van der Waals surface area (Å²) in [6.45, 7) is 3.90. The molecule has 0 aliphatic carbocycles. The van der Waals surface area contributed by atoms with Gasteiger partial charge in [0.25, 0.3) is 5.89 Å². The molecular weight excluding hydrogens is 324 g/mol. The zero-order valence-electron chi connectivity index (χ0n) is 14.8. The van der Waals surface area contributed by atoms with Crippen molar-refractivity contribution in [2.45, 2.75) is 33.1 Å². The van der Waals surface area contributed by atoms with E-state index in [-0.39, 0.29) is 24.0 Å². The number of rotatable bonds is 8. The highest BCUT2D eigenvalue weighted by atomic mass is 16.6. The number of Topliss-reactive ketones (excluding diaryl/α,β-unsaturated/α-hetero) is 1. The van der Waals surface area contributed by atoms with Crippen molar-refractivity contribution in [1.29, 1.82) is 0 Å². The quantitative estimate of drug-likeness (QED) is 0.736. The fourth-order valence-electron chi connectivity index (χ4n) is 2.85. The van der Waals surface area contributed by atoms with Crippen LogP contribution in [-0.2, 0) is 19.3 Å². The van der Waals surface area contributed by atoms with Crippen LogP contribution in [0.25, 0.3) is 0 Å². The number of benzene rings is 1. The Balaban J connectivity index is 2.54. The molecule has 2 N–H and O–H groups in total. The number of ether oxygens (including phenoxy) is 2. The van der Waals surface area contributed by atoms with Crippen molar-refractivity contribution >= 4 is 11.7 Å². The van der Waals surface area contributed by atoms with Crippen LogP contribution in [0.1, 0.15) is 51.6 Å². The summed E-state index contributed by atoms with van der Waals surface area (Å²) in [5, 5.41) is 0. The van der Waals surface area contributed by atoms with Crippen LogP contribution in [0.5, 0.6) is 11.7 Å². The molecule has 1 aromatic carbocycles. The van der Waals surface area contributed by atoms with Crippen LogP contribution >= 0.6 is 0 Å². The van der Waals surface area contributed by atoms with Crippen LogP contribution in [0.2, 0.25) is 0 Å². The monoisotopic (exact) mass is 346 g/mol. The van der Waals surface area contributed by atoms with Gasteiger partial charge in [0.15, 0.2) is 0 Å². The Morgan fingerprint density at radius 1 is 1.16 bits per heavy atom. The van der Waals surface area contributed by atoms with E-state index in [0.29, 0.717) is 29.7 Å². The Labute approximate surface area is 146 Å². The number of amides is 1. The minimum Gasteiger partial charge on any atom is -0.496 e. The second-order valence-electron chi connectivity index (χ2n) is 5.43. The maximum Gasteiger partial charge on any atom is 0.305 e. The van der Waals surface area contributed by atoms with E-state index in [4.69, 9.17) is 19.6 Å². The standard InChI is InChI=1S/C18H22N2O5/c1-5-10-7-13(17(19)22)12(11(6-2)16(10)24-4)8-14(21)18-20-9-15(23-3)25-18/h7,9H,5-6,8H2,1-4H3,(H2,19,22). The molecule has 0 radical (unpaired) electrons. The molecule has 0 aliphatic rings. The van der Waals surface area contributed by atoms with Crippen molar-refractivity contribution in [2.24, 2.45) is 5.73 Å². The fraction of sp³-hybridized carbons (Fsp3) is 0.389. The number of hydrogen-bond acceptors (Lipinski definition) is 6. The van der Waals surface area contributed by atoms with E-state index in [1.165, 1.54) is 13.3 Å². The maximum atomic E-state index is 12.5. The fourth-order valence-corrected chi connectivity index (χ4v) is 2.85. The summed E-state index contributed by atoms with van der Waals surface area (Å²) in [5.41, 5.74) is 8.08. The zero-order valence-corrected chi connectivity index (χ0v) is 14.8. The van der Waals surface area contributed by atoms with Gasteiger partial charge >= 0.3 is 5.95 Å². The van der Waals surface area contributed by atoms with E-state index >= 15 is 0 Å². The Morgan fingerprint density at radius 2 is 1.88 bits per heavy atom. The average molecular weight is 346 g/mol. The van der Waals surface area contributed by atoms with Gasteiger partial charge in [0.2, 0.25) is 11.7 Å². The van der Waals surface area contributed by atoms with Gasteiger partial charge in [-0.15, -0.1) is 0 Å². The Hall–Kier alpha value is -2.83. The second-order valence-corrected chi connectivity index (χ2v) is 5.43. The number of methoxy groups -OCH3 is 2. The number of oxazole rings is 1. The zero-order chi connectivity index (χ0) is 18.6. The number of aryl methyl sites for hydroxylation is 1. The highest BCUT2D eigenvalue weighted by Gasteiger charge is 2.24. The highest BCUT2D eigenvalue weighted by Crippen LogP contribution is 2.32. The van der Waals surface area contributed by atoms with E-state index in [2.05, 4.69) is 4.98 Å². The summed E-state index contributed by atoms with van der Waals surface area (Å²) in [7, 11) is 2.99. The lowest BCUT2D eigenvalue weighted by atomic mass is 9.90. The molecule has 0 saturated carbocycles. The van der Waals surface area contributed by atoms with Crippen LogP contribution < -0.4 is 15.2 Å². The SMILES string of the molecule is CCc1cc(C(N)=O)c(CC(=O)c2ncc(OC)o2)c(CC)c1OC. The molecule has 1 heterocycles.